The normalized spacial score (nSPS) is 14.7. The lowest BCUT2D eigenvalue weighted by Gasteiger charge is -2.34. The number of esters is 1. The third-order valence-corrected chi connectivity index (χ3v) is 5.30. The van der Waals surface area contributed by atoms with Crippen LogP contribution in [0.3, 0.4) is 0 Å². The smallest absolute Gasteiger partial charge is 0.408 e. The summed E-state index contributed by atoms with van der Waals surface area (Å²) >= 11 is 4.24. The summed E-state index contributed by atoms with van der Waals surface area (Å²) in [5, 5.41) is 5.07. The molecule has 0 spiro atoms. The topological polar surface area (TPSA) is 114 Å². The van der Waals surface area contributed by atoms with Crippen molar-refractivity contribution in [3.63, 3.8) is 0 Å². The van der Waals surface area contributed by atoms with Crippen LogP contribution in [0.5, 0.6) is 0 Å². The predicted octanol–water partition coefficient (Wildman–Crippen LogP) is 1.81. The average Bonchev–Trinajstić information content (AvgIpc) is 3.62. The molecule has 1 aliphatic carbocycles. The Balaban J connectivity index is 2.42. The van der Waals surface area contributed by atoms with Crippen molar-refractivity contribution in [2.24, 2.45) is 0 Å². The molecule has 2 rings (SSSR count). The fraction of sp³-hybridized carbons (Fsp3) is 0.500. The van der Waals surface area contributed by atoms with Crippen LogP contribution in [-0.2, 0) is 23.9 Å². The summed E-state index contributed by atoms with van der Waals surface area (Å²) in [7, 11) is 1.21. The van der Waals surface area contributed by atoms with Crippen LogP contribution in [-0.4, -0.2) is 65.9 Å². The monoisotopic (exact) mass is 489 g/mol. The summed E-state index contributed by atoms with van der Waals surface area (Å²) < 4.78 is 9.87. The lowest BCUT2D eigenvalue weighted by Crippen LogP contribution is -2.54. The first kappa shape index (κ1) is 27.1. The molecule has 1 saturated carbocycles. The third-order valence-electron chi connectivity index (χ3n) is 4.94. The minimum Gasteiger partial charge on any atom is -0.468 e. The number of carbonyl (C=O) groups excluding carboxylic acids is 4. The zero-order chi connectivity index (χ0) is 25.5. The number of amides is 3. The molecule has 10 heteroatoms. The van der Waals surface area contributed by atoms with E-state index in [0.29, 0.717) is 24.0 Å². The van der Waals surface area contributed by atoms with Crippen molar-refractivity contribution in [2.75, 3.05) is 19.4 Å². The summed E-state index contributed by atoms with van der Waals surface area (Å²) in [5.74, 6) is 0.790. The van der Waals surface area contributed by atoms with Gasteiger partial charge < -0.3 is 25.0 Å². The summed E-state index contributed by atoms with van der Waals surface area (Å²) in [6.45, 7) is 4.75. The van der Waals surface area contributed by atoms with E-state index in [1.165, 1.54) is 12.0 Å². The molecule has 2 N–H and O–H groups in total. The molecule has 9 nitrogen and oxygen atoms in total. The largest absolute Gasteiger partial charge is 0.468 e. The van der Waals surface area contributed by atoms with E-state index >= 15 is 0 Å². The summed E-state index contributed by atoms with van der Waals surface area (Å²) in [5.41, 5.74) is 0.108. The second-order valence-electron chi connectivity index (χ2n) is 8.79. The van der Waals surface area contributed by atoms with Crippen LogP contribution in [0.25, 0.3) is 0 Å². The quantitative estimate of drug-likeness (QED) is 0.277. The van der Waals surface area contributed by atoms with Crippen LogP contribution in [0.2, 0.25) is 0 Å². The van der Waals surface area contributed by atoms with Gasteiger partial charge in [0.05, 0.1) is 7.11 Å². The van der Waals surface area contributed by atoms with Crippen molar-refractivity contribution >= 4 is 36.5 Å². The van der Waals surface area contributed by atoms with Crippen molar-refractivity contribution in [1.82, 2.24) is 15.5 Å². The minimum absolute atomic E-state index is 0.0193. The Bertz CT molecular complexity index is 964. The van der Waals surface area contributed by atoms with E-state index in [1.54, 1.807) is 45.0 Å². The summed E-state index contributed by atoms with van der Waals surface area (Å²) in [6.07, 6.45) is 6.25. The molecule has 3 amide bonds. The highest BCUT2D eigenvalue weighted by Gasteiger charge is 2.44. The van der Waals surface area contributed by atoms with Crippen molar-refractivity contribution in [3.05, 3.63) is 35.4 Å². The van der Waals surface area contributed by atoms with Crippen molar-refractivity contribution < 1.29 is 28.7 Å². The maximum Gasteiger partial charge on any atom is 0.408 e. The number of methoxy groups -OCH3 is 1. The van der Waals surface area contributed by atoms with Gasteiger partial charge in [-0.05, 0) is 45.2 Å². The minimum atomic E-state index is -1.13. The molecule has 0 heterocycles. The number of nitrogens with zero attached hydrogens (tertiary/aromatic N) is 1. The molecule has 2 atom stereocenters. The summed E-state index contributed by atoms with van der Waals surface area (Å²) in [6, 6.07) is 4.35. The SMILES string of the molecule is C#Cc1ccccc1C(C(=O)NCC(=O)OC)N(C(=O)C(CS)NC(=O)OC(C)(C)C)C1CC1. The van der Waals surface area contributed by atoms with Crippen LogP contribution in [0.15, 0.2) is 24.3 Å². The van der Waals surface area contributed by atoms with E-state index in [0.717, 1.165) is 0 Å². The van der Waals surface area contributed by atoms with Crippen molar-refractivity contribution in [2.45, 2.75) is 57.3 Å². The first-order valence-electron chi connectivity index (χ1n) is 10.8. The molecular formula is C24H31N3O6S. The molecule has 0 radical (unpaired) electrons. The van der Waals surface area contributed by atoms with Crippen LogP contribution in [0, 0.1) is 12.3 Å². The Hall–Kier alpha value is -3.19. The molecule has 34 heavy (non-hydrogen) atoms. The van der Waals surface area contributed by atoms with Gasteiger partial charge in [0, 0.05) is 17.4 Å². The number of terminal acetylenes is 1. The Morgan fingerprint density at radius 1 is 1.24 bits per heavy atom. The van der Waals surface area contributed by atoms with Crippen LogP contribution >= 0.6 is 12.6 Å². The molecule has 1 aliphatic rings. The molecule has 184 valence electrons. The van der Waals surface area contributed by atoms with Gasteiger partial charge in [0.15, 0.2) is 0 Å². The van der Waals surface area contributed by atoms with E-state index < -0.39 is 41.6 Å². The second kappa shape index (κ2) is 11.8. The Kier molecular flexibility index (Phi) is 9.38. The van der Waals surface area contributed by atoms with Gasteiger partial charge in [0.1, 0.15) is 24.2 Å². The standard InChI is InChI=1S/C24H31N3O6S/c1-6-15-9-7-8-10-17(15)20(21(29)25-13-19(28)32-5)27(16-11-12-16)22(30)18(14-34)26-23(31)33-24(2,3)4/h1,7-10,16,18,20,34H,11-14H2,2-5H3,(H,25,29)(H,26,31). The lowest BCUT2D eigenvalue weighted by molar-refractivity contribution is -0.145. The van der Waals surface area contributed by atoms with Gasteiger partial charge in [0.25, 0.3) is 0 Å². The number of thiol groups is 1. The Labute approximate surface area is 205 Å². The van der Waals surface area contributed by atoms with Crippen LogP contribution in [0.1, 0.15) is 50.8 Å². The van der Waals surface area contributed by atoms with Gasteiger partial charge in [-0.15, -0.1) is 6.42 Å². The zero-order valence-electron chi connectivity index (χ0n) is 19.8. The first-order chi connectivity index (χ1) is 16.0. The van der Waals surface area contributed by atoms with E-state index in [-0.39, 0.29) is 18.3 Å². The molecule has 0 aromatic heterocycles. The number of ether oxygens (including phenoxy) is 2. The molecule has 1 aromatic carbocycles. The number of carbonyl (C=O) groups is 4. The Morgan fingerprint density at radius 2 is 1.88 bits per heavy atom. The second-order valence-corrected chi connectivity index (χ2v) is 9.15. The van der Waals surface area contributed by atoms with E-state index in [1.807, 2.05) is 0 Å². The molecule has 1 aromatic rings. The van der Waals surface area contributed by atoms with Gasteiger partial charge in [-0.1, -0.05) is 24.1 Å². The number of benzene rings is 1. The number of nitrogens with one attached hydrogen (secondary N) is 2. The predicted molar refractivity (Wildman–Crippen MR) is 129 cm³/mol. The number of rotatable bonds is 9. The fourth-order valence-corrected chi connectivity index (χ4v) is 3.55. The maximum absolute atomic E-state index is 13.7. The highest BCUT2D eigenvalue weighted by Crippen LogP contribution is 2.36. The average molecular weight is 490 g/mol. The van der Waals surface area contributed by atoms with Crippen LogP contribution in [0.4, 0.5) is 4.79 Å². The van der Waals surface area contributed by atoms with E-state index in [4.69, 9.17) is 11.2 Å². The van der Waals surface area contributed by atoms with E-state index in [9.17, 15) is 19.2 Å². The van der Waals surface area contributed by atoms with Crippen molar-refractivity contribution in [1.29, 1.82) is 0 Å². The van der Waals surface area contributed by atoms with Crippen molar-refractivity contribution in [3.8, 4) is 12.3 Å². The van der Waals surface area contributed by atoms with Gasteiger partial charge in [-0.25, -0.2) is 4.79 Å². The molecule has 1 fully saturated rings. The highest BCUT2D eigenvalue weighted by molar-refractivity contribution is 7.80. The van der Waals surface area contributed by atoms with Gasteiger partial charge in [-0.3, -0.25) is 14.4 Å². The molecule has 2 unspecified atom stereocenters. The molecule has 0 aliphatic heterocycles. The van der Waals surface area contributed by atoms with Gasteiger partial charge in [-0.2, -0.15) is 12.6 Å². The van der Waals surface area contributed by atoms with Gasteiger partial charge >= 0.3 is 12.1 Å². The highest BCUT2D eigenvalue weighted by atomic mass is 32.1. The first-order valence-corrected chi connectivity index (χ1v) is 11.5. The summed E-state index contributed by atoms with van der Waals surface area (Å²) in [4.78, 5) is 52.3. The Morgan fingerprint density at radius 3 is 2.41 bits per heavy atom. The zero-order valence-corrected chi connectivity index (χ0v) is 20.7. The number of alkyl carbamates (subject to hydrolysis) is 1. The maximum atomic E-state index is 13.7. The number of hydrogen-bond donors (Lipinski definition) is 3. The van der Waals surface area contributed by atoms with Crippen LogP contribution < -0.4 is 10.6 Å². The number of hydrogen-bond acceptors (Lipinski definition) is 7. The molecule has 0 saturated heterocycles. The van der Waals surface area contributed by atoms with Gasteiger partial charge in [0.2, 0.25) is 11.8 Å². The van der Waals surface area contributed by atoms with E-state index in [2.05, 4.69) is 33.9 Å². The molecule has 0 bridgehead atoms. The fourth-order valence-electron chi connectivity index (χ4n) is 3.30. The third kappa shape index (κ3) is 7.42. The lowest BCUT2D eigenvalue weighted by atomic mass is 9.97. The molecular weight excluding hydrogens is 458 g/mol.